The minimum Gasteiger partial charge on any atom is -0.494 e. The van der Waals surface area contributed by atoms with Gasteiger partial charge in [-0.25, -0.2) is 4.98 Å². The van der Waals surface area contributed by atoms with Crippen LogP contribution < -0.4 is 10.3 Å². The highest BCUT2D eigenvalue weighted by atomic mass is 16.5. The Bertz CT molecular complexity index is 999. The molecule has 4 rings (SSSR count). The lowest BCUT2D eigenvalue weighted by atomic mass is 10.1. The van der Waals surface area contributed by atoms with Crippen molar-refractivity contribution >= 4 is 0 Å². The Kier molecular flexibility index (Phi) is 6.18. The number of aromatic nitrogens is 4. The number of H-pyrrole nitrogens is 1. The molecule has 7 nitrogen and oxygen atoms in total. The fourth-order valence-electron chi connectivity index (χ4n) is 4.20. The van der Waals surface area contributed by atoms with Crippen molar-refractivity contribution in [2.45, 2.75) is 51.5 Å². The lowest BCUT2D eigenvalue weighted by molar-refractivity contribution is 0.281. The third-order valence-corrected chi connectivity index (χ3v) is 5.82. The van der Waals surface area contributed by atoms with Gasteiger partial charge >= 0.3 is 0 Å². The molecule has 0 aromatic heterocycles. The van der Waals surface area contributed by atoms with Gasteiger partial charge < -0.3 is 9.64 Å². The zero-order chi connectivity index (χ0) is 21.1. The first-order valence-electron chi connectivity index (χ1n) is 11.0. The number of benzene rings is 1. The molecule has 160 valence electrons. The molecule has 30 heavy (non-hydrogen) atoms. The first-order valence-corrected chi connectivity index (χ1v) is 11.0. The van der Waals surface area contributed by atoms with Crippen molar-refractivity contribution in [3.63, 3.8) is 0 Å². The lowest BCUT2D eigenvalue weighted by Crippen LogP contribution is -2.17. The molecular weight excluding hydrogens is 378 g/mol. The molecule has 2 aliphatic heterocycles. The Labute approximate surface area is 177 Å². The van der Waals surface area contributed by atoms with E-state index in [9.17, 15) is 4.79 Å². The third kappa shape index (κ3) is 4.26. The van der Waals surface area contributed by atoms with Gasteiger partial charge in [0.05, 0.1) is 12.6 Å². The fraction of sp³-hybridized carbons (Fsp3) is 0.522. The van der Waals surface area contributed by atoms with Crippen LogP contribution in [0, 0.1) is 0 Å². The molecule has 1 aromatic carbocycles. The molecule has 0 amide bonds. The summed E-state index contributed by atoms with van der Waals surface area (Å²) in [5.41, 5.74) is 2.18. The average molecular weight is 410 g/mol. The zero-order valence-electron chi connectivity index (χ0n) is 18.1. The fourth-order valence-corrected chi connectivity index (χ4v) is 4.20. The van der Waals surface area contributed by atoms with E-state index in [1.807, 2.05) is 24.3 Å². The molecule has 0 atom stereocenters. The van der Waals surface area contributed by atoms with E-state index in [-0.39, 0.29) is 5.56 Å². The Morgan fingerprint density at radius 1 is 1.17 bits per heavy atom. The Balaban J connectivity index is 1.60. The monoisotopic (exact) mass is 409 g/mol. The van der Waals surface area contributed by atoms with Crippen LogP contribution in [0.4, 0.5) is 0 Å². The number of aromatic amines is 1. The molecule has 0 saturated heterocycles. The van der Waals surface area contributed by atoms with Crippen LogP contribution in [-0.4, -0.2) is 51.9 Å². The number of aryl methyl sites for hydroxylation is 1. The predicted octanol–water partition coefficient (Wildman–Crippen LogP) is 3.75. The van der Waals surface area contributed by atoms with Gasteiger partial charge in [-0.1, -0.05) is 19.8 Å². The summed E-state index contributed by atoms with van der Waals surface area (Å²) in [6, 6.07) is 8.07. The van der Waals surface area contributed by atoms with E-state index in [0.29, 0.717) is 24.0 Å². The van der Waals surface area contributed by atoms with E-state index >= 15 is 0 Å². The summed E-state index contributed by atoms with van der Waals surface area (Å²) in [5, 5.41) is 3.44. The second-order valence-electron chi connectivity index (χ2n) is 8.33. The molecule has 0 spiro atoms. The highest BCUT2D eigenvalue weighted by Crippen LogP contribution is 2.34. The van der Waals surface area contributed by atoms with Gasteiger partial charge in [0.25, 0.3) is 5.56 Å². The number of nitrogens with zero attached hydrogens (tertiary/aromatic N) is 4. The minimum atomic E-state index is -0.205. The van der Waals surface area contributed by atoms with E-state index in [2.05, 4.69) is 40.7 Å². The molecule has 2 heterocycles. The molecule has 7 heteroatoms. The van der Waals surface area contributed by atoms with Crippen LogP contribution in [0.2, 0.25) is 0 Å². The van der Waals surface area contributed by atoms with E-state index in [1.54, 1.807) is 0 Å². The van der Waals surface area contributed by atoms with Crippen LogP contribution in [0.15, 0.2) is 29.1 Å². The van der Waals surface area contributed by atoms with Crippen molar-refractivity contribution in [1.29, 1.82) is 0 Å². The maximum Gasteiger partial charge on any atom is 0.284 e. The van der Waals surface area contributed by atoms with Gasteiger partial charge in [-0.3, -0.25) is 14.6 Å². The number of rotatable bonds is 8. The van der Waals surface area contributed by atoms with E-state index in [0.717, 1.165) is 55.1 Å². The molecule has 0 unspecified atom stereocenters. The summed E-state index contributed by atoms with van der Waals surface area (Å²) in [6.45, 7) is 3.72. The first-order chi connectivity index (χ1) is 14.6. The Hall–Kier alpha value is -2.67. The molecule has 3 aliphatic rings. The minimum absolute atomic E-state index is 0.205. The summed E-state index contributed by atoms with van der Waals surface area (Å²) >= 11 is 0. The Morgan fingerprint density at radius 3 is 2.57 bits per heavy atom. The van der Waals surface area contributed by atoms with Gasteiger partial charge in [-0.2, -0.15) is 4.98 Å². The molecule has 1 fully saturated rings. The van der Waals surface area contributed by atoms with E-state index < -0.39 is 0 Å². The second-order valence-corrected chi connectivity index (χ2v) is 8.33. The van der Waals surface area contributed by atoms with E-state index in [1.165, 1.54) is 12.8 Å². The predicted molar refractivity (Wildman–Crippen MR) is 118 cm³/mol. The van der Waals surface area contributed by atoms with Crippen LogP contribution in [0.3, 0.4) is 0 Å². The van der Waals surface area contributed by atoms with E-state index in [4.69, 9.17) is 9.72 Å². The third-order valence-electron chi connectivity index (χ3n) is 5.82. The standard InChI is InChI=1S/C23H31N5O2/c1-4-19-20-22(28(26-19)17-8-5-6-9-17)24-21(25-23(20)29)16-10-12-18(13-11-16)30-15-7-14-27(2)3/h10-13,17,26H,4-9,14-15H2,1-3H3. The second kappa shape index (κ2) is 9.00. The van der Waals surface area contributed by atoms with Gasteiger partial charge in [-0.05, 0) is 64.0 Å². The summed E-state index contributed by atoms with van der Waals surface area (Å²) in [7, 11) is 4.11. The smallest absolute Gasteiger partial charge is 0.284 e. The molecule has 1 saturated carbocycles. The van der Waals surface area contributed by atoms with Crippen LogP contribution in [0.5, 0.6) is 5.75 Å². The van der Waals surface area contributed by atoms with Crippen molar-refractivity contribution in [1.82, 2.24) is 24.6 Å². The van der Waals surface area contributed by atoms with Crippen molar-refractivity contribution in [2.75, 3.05) is 27.2 Å². The van der Waals surface area contributed by atoms with Crippen molar-refractivity contribution in [2.24, 2.45) is 0 Å². The topological polar surface area (TPSA) is 76.0 Å². The normalized spacial score (nSPS) is 14.8. The number of ether oxygens (including phenoxy) is 1. The SMILES string of the molecule is CCc1[nH]n(C2CCCC2)c2nc(-c3ccc(OCCCN(C)C)cc3)nc(=O)c1-2. The van der Waals surface area contributed by atoms with Crippen LogP contribution in [-0.2, 0) is 6.42 Å². The van der Waals surface area contributed by atoms with Gasteiger partial charge in [0.15, 0.2) is 11.6 Å². The summed E-state index contributed by atoms with van der Waals surface area (Å²) in [6.07, 6.45) is 6.42. The van der Waals surface area contributed by atoms with Crippen molar-refractivity contribution < 1.29 is 4.74 Å². The average Bonchev–Trinajstić information content (AvgIpc) is 3.39. The number of fused-ring (bicyclic) bond motifs is 1. The molecular formula is C23H31N5O2. The zero-order valence-corrected chi connectivity index (χ0v) is 18.1. The molecule has 0 bridgehead atoms. The van der Waals surface area contributed by atoms with Gasteiger partial charge in [0.1, 0.15) is 11.3 Å². The highest BCUT2D eigenvalue weighted by molar-refractivity contribution is 5.65. The van der Waals surface area contributed by atoms with Crippen LogP contribution in [0.1, 0.15) is 50.8 Å². The van der Waals surface area contributed by atoms with Crippen molar-refractivity contribution in [3.8, 4) is 28.5 Å². The highest BCUT2D eigenvalue weighted by Gasteiger charge is 2.27. The Morgan fingerprint density at radius 2 is 1.90 bits per heavy atom. The molecule has 0 radical (unpaired) electrons. The van der Waals surface area contributed by atoms with Gasteiger partial charge in [-0.15, -0.1) is 0 Å². The van der Waals surface area contributed by atoms with Gasteiger partial charge in [0.2, 0.25) is 0 Å². The number of nitrogens with one attached hydrogen (secondary N) is 1. The van der Waals surface area contributed by atoms with Gasteiger partial charge in [0, 0.05) is 17.8 Å². The maximum atomic E-state index is 12.9. The molecule has 1 N–H and O–H groups in total. The number of hydrogen-bond donors (Lipinski definition) is 1. The van der Waals surface area contributed by atoms with Crippen molar-refractivity contribution in [3.05, 3.63) is 40.3 Å². The lowest BCUT2D eigenvalue weighted by Gasteiger charge is -2.14. The molecule has 1 aromatic rings. The number of hydrogen-bond acceptors (Lipinski definition) is 5. The van der Waals surface area contributed by atoms with Crippen LogP contribution >= 0.6 is 0 Å². The summed E-state index contributed by atoms with van der Waals surface area (Å²) < 4.78 is 7.91. The van der Waals surface area contributed by atoms with Crippen LogP contribution in [0.25, 0.3) is 22.8 Å². The first kappa shape index (κ1) is 20.6. The maximum absolute atomic E-state index is 12.9. The quantitative estimate of drug-likeness (QED) is 0.574. The summed E-state index contributed by atoms with van der Waals surface area (Å²) in [4.78, 5) is 24.1. The molecule has 1 aliphatic carbocycles. The largest absolute Gasteiger partial charge is 0.494 e. The summed E-state index contributed by atoms with van der Waals surface area (Å²) in [5.74, 6) is 2.02.